The number of nitrogens with zero attached hydrogens (tertiary/aromatic N) is 3. The Labute approximate surface area is 180 Å². The Morgan fingerprint density at radius 1 is 1.36 bits per heavy atom. The second-order valence-corrected chi connectivity index (χ2v) is 7.65. The molecular weight excluding hydrogens is 419 g/mol. The van der Waals surface area contributed by atoms with Crippen LogP contribution in [0.4, 0.5) is 0 Å². The number of nitrogens with one attached hydrogen (secondary N) is 1. The monoisotopic (exact) mass is 444 g/mol. The molecule has 3 aromatic rings. The summed E-state index contributed by atoms with van der Waals surface area (Å²) in [5.74, 6) is 0.886. The van der Waals surface area contributed by atoms with Crippen molar-refractivity contribution in [3.05, 3.63) is 51.3 Å². The molecule has 0 fully saturated rings. The van der Waals surface area contributed by atoms with Crippen molar-refractivity contribution in [3.63, 3.8) is 0 Å². The van der Waals surface area contributed by atoms with Crippen LogP contribution in [0.3, 0.4) is 0 Å². The minimum absolute atomic E-state index is 0. The summed E-state index contributed by atoms with van der Waals surface area (Å²) < 4.78 is 7.42. The third-order valence-corrected chi connectivity index (χ3v) is 6.33. The predicted molar refractivity (Wildman–Crippen MR) is 118 cm³/mol. The number of rotatable bonds is 6. The molecule has 0 saturated heterocycles. The van der Waals surface area contributed by atoms with Crippen LogP contribution < -0.4 is 10.9 Å². The second kappa shape index (κ2) is 9.89. The molecular formula is C19H26Cl2N4O2S. The number of fused-ring (bicyclic) bond motifs is 3. The molecule has 0 bridgehead atoms. The maximum atomic E-state index is 13.2. The van der Waals surface area contributed by atoms with E-state index >= 15 is 0 Å². The standard InChI is InChI=1S/C19H24N4O2S.2ClH/c1-3-22(4-2)14(15-6-5-9-25-15)11-23-12-21-18-17(19(23)24)13-7-8-20-10-16(13)26-18;;/h5-6,9,12,14,20H,3-4,7-8,10-11H2,1-2H3;2*1H. The highest BCUT2D eigenvalue weighted by Gasteiger charge is 2.24. The van der Waals surface area contributed by atoms with Crippen molar-refractivity contribution >= 4 is 46.4 Å². The number of hydrogen-bond acceptors (Lipinski definition) is 6. The van der Waals surface area contributed by atoms with Gasteiger partial charge in [0.05, 0.1) is 24.0 Å². The Hall–Kier alpha value is -1.38. The SMILES string of the molecule is CCN(CC)C(Cn1cnc2sc3c(c2c1=O)CCNC3)c1ccco1.Cl.Cl. The van der Waals surface area contributed by atoms with E-state index < -0.39 is 0 Å². The van der Waals surface area contributed by atoms with Gasteiger partial charge in [0.2, 0.25) is 0 Å². The normalized spacial score (nSPS) is 14.4. The van der Waals surface area contributed by atoms with E-state index in [4.69, 9.17) is 4.42 Å². The fourth-order valence-electron chi connectivity index (χ4n) is 3.80. The first-order valence-electron chi connectivity index (χ1n) is 9.20. The van der Waals surface area contributed by atoms with E-state index in [0.29, 0.717) is 6.54 Å². The molecule has 4 heterocycles. The highest BCUT2D eigenvalue weighted by Crippen LogP contribution is 2.30. The molecule has 0 radical (unpaired) electrons. The summed E-state index contributed by atoms with van der Waals surface area (Å²) in [5.41, 5.74) is 1.26. The molecule has 1 N–H and O–H groups in total. The van der Waals surface area contributed by atoms with E-state index in [1.165, 1.54) is 10.4 Å². The topological polar surface area (TPSA) is 63.3 Å². The van der Waals surface area contributed by atoms with Crippen molar-refractivity contribution in [2.75, 3.05) is 19.6 Å². The van der Waals surface area contributed by atoms with Crippen LogP contribution >= 0.6 is 36.2 Å². The third kappa shape index (κ3) is 4.14. The molecule has 6 nitrogen and oxygen atoms in total. The van der Waals surface area contributed by atoms with Crippen molar-refractivity contribution in [1.82, 2.24) is 19.8 Å². The minimum atomic E-state index is 0. The quantitative estimate of drug-likeness (QED) is 0.628. The van der Waals surface area contributed by atoms with Gasteiger partial charge in [-0.1, -0.05) is 13.8 Å². The molecule has 4 rings (SSSR count). The Bertz CT molecular complexity index is 951. The minimum Gasteiger partial charge on any atom is -0.468 e. The Kier molecular flexibility index (Phi) is 8.09. The lowest BCUT2D eigenvalue weighted by atomic mass is 10.1. The highest BCUT2D eigenvalue weighted by atomic mass is 35.5. The van der Waals surface area contributed by atoms with Gasteiger partial charge in [0.25, 0.3) is 5.56 Å². The Balaban J connectivity index is 0.00000140. The highest BCUT2D eigenvalue weighted by molar-refractivity contribution is 7.18. The lowest BCUT2D eigenvalue weighted by Gasteiger charge is -2.28. The van der Waals surface area contributed by atoms with Gasteiger partial charge in [-0.15, -0.1) is 36.2 Å². The molecule has 1 aliphatic rings. The van der Waals surface area contributed by atoms with Crippen LogP contribution in [0.15, 0.2) is 33.9 Å². The zero-order valence-electron chi connectivity index (χ0n) is 16.0. The van der Waals surface area contributed by atoms with Gasteiger partial charge in [0.15, 0.2) is 0 Å². The molecule has 9 heteroatoms. The molecule has 0 saturated carbocycles. The molecule has 28 heavy (non-hydrogen) atoms. The van der Waals surface area contributed by atoms with Gasteiger partial charge >= 0.3 is 0 Å². The molecule has 3 aromatic heterocycles. The Morgan fingerprint density at radius 2 is 2.14 bits per heavy atom. The smallest absolute Gasteiger partial charge is 0.262 e. The van der Waals surface area contributed by atoms with Crippen LogP contribution in [-0.4, -0.2) is 34.1 Å². The second-order valence-electron chi connectivity index (χ2n) is 6.57. The number of furan rings is 1. The summed E-state index contributed by atoms with van der Waals surface area (Å²) in [6.07, 6.45) is 4.28. The van der Waals surface area contributed by atoms with E-state index in [-0.39, 0.29) is 36.4 Å². The third-order valence-electron chi connectivity index (χ3n) is 5.19. The maximum Gasteiger partial charge on any atom is 0.262 e. The van der Waals surface area contributed by atoms with Gasteiger partial charge < -0.3 is 9.73 Å². The van der Waals surface area contributed by atoms with E-state index in [0.717, 1.165) is 48.6 Å². The summed E-state index contributed by atoms with van der Waals surface area (Å²) in [6.45, 7) is 8.35. The van der Waals surface area contributed by atoms with Crippen molar-refractivity contribution < 1.29 is 4.42 Å². The van der Waals surface area contributed by atoms with Gasteiger partial charge in [-0.3, -0.25) is 14.3 Å². The number of hydrogen-bond donors (Lipinski definition) is 1. The summed E-state index contributed by atoms with van der Waals surface area (Å²) in [5, 5.41) is 4.18. The molecule has 0 amide bonds. The van der Waals surface area contributed by atoms with Crippen LogP contribution in [0, 0.1) is 0 Å². The zero-order valence-corrected chi connectivity index (χ0v) is 18.5. The van der Waals surface area contributed by atoms with Crippen LogP contribution in [0.5, 0.6) is 0 Å². The summed E-state index contributed by atoms with van der Waals surface area (Å²) in [4.78, 5) is 22.2. The number of aromatic nitrogens is 2. The van der Waals surface area contributed by atoms with Crippen LogP contribution in [0.1, 0.15) is 36.1 Å². The first-order chi connectivity index (χ1) is 12.7. The van der Waals surface area contributed by atoms with Gasteiger partial charge in [-0.25, -0.2) is 4.98 Å². The van der Waals surface area contributed by atoms with E-state index in [2.05, 4.69) is 29.0 Å². The molecule has 1 unspecified atom stereocenters. The summed E-state index contributed by atoms with van der Waals surface area (Å²) >= 11 is 1.64. The largest absolute Gasteiger partial charge is 0.468 e. The summed E-state index contributed by atoms with van der Waals surface area (Å²) in [6, 6.07) is 3.91. The predicted octanol–water partition coefficient (Wildman–Crippen LogP) is 3.62. The van der Waals surface area contributed by atoms with Crippen molar-refractivity contribution in [2.45, 2.75) is 39.4 Å². The van der Waals surface area contributed by atoms with Crippen LogP contribution in [0.25, 0.3) is 10.2 Å². The molecule has 0 spiro atoms. The first kappa shape index (κ1) is 22.9. The average Bonchev–Trinajstić information content (AvgIpc) is 3.31. The van der Waals surface area contributed by atoms with Crippen LogP contribution in [-0.2, 0) is 19.5 Å². The van der Waals surface area contributed by atoms with Crippen molar-refractivity contribution in [3.8, 4) is 0 Å². The lowest BCUT2D eigenvalue weighted by Crippen LogP contribution is -2.34. The Morgan fingerprint density at radius 3 is 2.82 bits per heavy atom. The molecule has 1 atom stereocenters. The number of likely N-dealkylation sites (N-methyl/N-ethyl adjacent to an activating group) is 1. The van der Waals surface area contributed by atoms with Gasteiger partial charge in [0.1, 0.15) is 10.6 Å². The number of halogens is 2. The number of thiophene rings is 1. The van der Waals surface area contributed by atoms with Crippen LogP contribution in [0.2, 0.25) is 0 Å². The summed E-state index contributed by atoms with van der Waals surface area (Å²) in [7, 11) is 0. The molecule has 0 aliphatic carbocycles. The molecule has 0 aromatic carbocycles. The van der Waals surface area contributed by atoms with E-state index in [9.17, 15) is 4.79 Å². The fourth-order valence-corrected chi connectivity index (χ4v) is 4.94. The van der Waals surface area contributed by atoms with Gasteiger partial charge in [0, 0.05) is 18.0 Å². The van der Waals surface area contributed by atoms with Crippen molar-refractivity contribution in [2.24, 2.45) is 0 Å². The maximum absolute atomic E-state index is 13.2. The van der Waals surface area contributed by atoms with Crippen molar-refractivity contribution in [1.29, 1.82) is 0 Å². The fraction of sp³-hybridized carbons (Fsp3) is 0.474. The van der Waals surface area contributed by atoms with E-state index in [1.54, 1.807) is 28.5 Å². The lowest BCUT2D eigenvalue weighted by molar-refractivity contribution is 0.172. The molecule has 154 valence electrons. The van der Waals surface area contributed by atoms with Gasteiger partial charge in [-0.2, -0.15) is 0 Å². The average molecular weight is 445 g/mol. The first-order valence-corrected chi connectivity index (χ1v) is 10.0. The molecule has 1 aliphatic heterocycles. The van der Waals surface area contributed by atoms with Gasteiger partial charge in [-0.05, 0) is 43.8 Å². The van der Waals surface area contributed by atoms with E-state index in [1.807, 2.05) is 12.1 Å². The zero-order chi connectivity index (χ0) is 18.1.